The molecule has 3 aromatic rings. The molecule has 1 unspecified atom stereocenters. The molecule has 0 fully saturated rings. The maximum absolute atomic E-state index is 13.2. The van der Waals surface area contributed by atoms with Crippen molar-refractivity contribution in [1.29, 1.82) is 0 Å². The number of nitrogens with zero attached hydrogens (tertiary/aromatic N) is 2. The van der Waals surface area contributed by atoms with Gasteiger partial charge in [0.1, 0.15) is 11.6 Å². The van der Waals surface area contributed by atoms with Crippen molar-refractivity contribution in [2.24, 2.45) is 0 Å². The molecule has 4 rings (SSSR count). The van der Waals surface area contributed by atoms with Gasteiger partial charge in [-0.1, -0.05) is 11.6 Å². The van der Waals surface area contributed by atoms with Crippen LogP contribution < -0.4 is 10.6 Å². The number of halogens is 2. The lowest BCUT2D eigenvalue weighted by Gasteiger charge is -2.23. The predicted molar refractivity (Wildman–Crippen MR) is 122 cm³/mol. The fourth-order valence-corrected chi connectivity index (χ4v) is 4.41. The number of benzene rings is 2. The predicted octanol–water partition coefficient (Wildman–Crippen LogP) is 3.96. The lowest BCUT2D eigenvalue weighted by molar-refractivity contribution is -0.147. The van der Waals surface area contributed by atoms with Crippen LogP contribution in [0.5, 0.6) is 0 Å². The number of thioether (sulfide) groups is 1. The molecule has 1 aliphatic heterocycles. The summed E-state index contributed by atoms with van der Waals surface area (Å²) >= 11 is 7.17. The molecule has 1 aliphatic rings. The number of aromatic nitrogens is 2. The summed E-state index contributed by atoms with van der Waals surface area (Å²) in [7, 11) is 0. The van der Waals surface area contributed by atoms with Crippen LogP contribution in [0.15, 0.2) is 53.4 Å². The van der Waals surface area contributed by atoms with Crippen molar-refractivity contribution in [2.75, 3.05) is 17.2 Å². The highest BCUT2D eigenvalue weighted by Crippen LogP contribution is 2.38. The van der Waals surface area contributed by atoms with E-state index >= 15 is 0 Å². The highest BCUT2D eigenvalue weighted by atomic mass is 35.5. The molecule has 8 nitrogen and oxygen atoms in total. The second-order valence-corrected chi connectivity index (χ2v) is 8.89. The van der Waals surface area contributed by atoms with Gasteiger partial charge in [0.25, 0.3) is 5.91 Å². The minimum atomic E-state index is -0.684. The second-order valence-electron chi connectivity index (χ2n) is 7.21. The summed E-state index contributed by atoms with van der Waals surface area (Å²) in [6.07, 6.45) is -0.196. The Labute approximate surface area is 197 Å². The first-order chi connectivity index (χ1) is 15.8. The van der Waals surface area contributed by atoms with Crippen molar-refractivity contribution in [1.82, 2.24) is 9.78 Å². The Hall–Kier alpha value is -3.37. The highest BCUT2D eigenvalue weighted by molar-refractivity contribution is 8.01. The van der Waals surface area contributed by atoms with Crippen LogP contribution in [0.1, 0.15) is 12.1 Å². The van der Waals surface area contributed by atoms with Gasteiger partial charge in [-0.05, 0) is 49.4 Å². The van der Waals surface area contributed by atoms with E-state index in [1.54, 1.807) is 31.2 Å². The molecule has 2 aromatic carbocycles. The molecule has 1 atom stereocenters. The van der Waals surface area contributed by atoms with E-state index in [0.29, 0.717) is 27.9 Å². The van der Waals surface area contributed by atoms with Crippen molar-refractivity contribution in [2.45, 2.75) is 23.5 Å². The highest BCUT2D eigenvalue weighted by Gasteiger charge is 2.30. The Balaban J connectivity index is 1.32. The third-order valence-corrected chi connectivity index (χ3v) is 6.16. The number of nitrogens with one attached hydrogen (secondary N) is 2. The number of rotatable bonds is 6. The van der Waals surface area contributed by atoms with Crippen LogP contribution in [0.4, 0.5) is 15.9 Å². The van der Waals surface area contributed by atoms with Gasteiger partial charge in [-0.15, -0.1) is 11.8 Å². The second kappa shape index (κ2) is 9.63. The zero-order valence-electron chi connectivity index (χ0n) is 17.3. The molecule has 0 bridgehead atoms. The van der Waals surface area contributed by atoms with E-state index < -0.39 is 29.6 Å². The fourth-order valence-electron chi connectivity index (χ4n) is 3.16. The van der Waals surface area contributed by atoms with Crippen LogP contribution in [0.3, 0.4) is 0 Å². The Morgan fingerprint density at radius 1 is 1.24 bits per heavy atom. The van der Waals surface area contributed by atoms with Gasteiger partial charge in [0, 0.05) is 16.0 Å². The van der Waals surface area contributed by atoms with Crippen molar-refractivity contribution < 1.29 is 23.5 Å². The molecule has 0 aliphatic carbocycles. The summed E-state index contributed by atoms with van der Waals surface area (Å²) in [5.74, 6) is -1.64. The zero-order valence-corrected chi connectivity index (χ0v) is 18.9. The maximum Gasteiger partial charge on any atom is 0.307 e. The van der Waals surface area contributed by atoms with Crippen LogP contribution in [-0.2, 0) is 19.1 Å². The lowest BCUT2D eigenvalue weighted by Crippen LogP contribution is -2.32. The summed E-state index contributed by atoms with van der Waals surface area (Å²) in [5, 5.41) is 9.44. The molecule has 170 valence electrons. The molecule has 0 saturated carbocycles. The standard InChI is InChI=1S/C22H18ClFN4O4S/c1-12-8-19(28(27-12)15-5-3-14(24)4-6-15)26-20(29)11-32-21(30)10-18-22(31)25-16-9-13(23)2-7-17(16)33-18/h2-9,18H,10-11H2,1H3,(H,25,31)(H,26,29). The Bertz CT molecular complexity index is 1230. The van der Waals surface area contributed by atoms with E-state index in [0.717, 1.165) is 4.90 Å². The Morgan fingerprint density at radius 2 is 2.00 bits per heavy atom. The Morgan fingerprint density at radius 3 is 2.76 bits per heavy atom. The van der Waals surface area contributed by atoms with Gasteiger partial charge in [0.05, 0.1) is 28.7 Å². The number of carbonyl (C=O) groups is 3. The van der Waals surface area contributed by atoms with E-state index in [2.05, 4.69) is 15.7 Å². The number of fused-ring (bicyclic) bond motifs is 1. The molecule has 2 amide bonds. The first-order valence-corrected chi connectivity index (χ1v) is 11.1. The van der Waals surface area contributed by atoms with Crippen LogP contribution in [0.2, 0.25) is 5.02 Å². The average molecular weight is 489 g/mol. The minimum absolute atomic E-state index is 0.196. The van der Waals surface area contributed by atoms with Gasteiger partial charge in [0.15, 0.2) is 6.61 Å². The smallest absolute Gasteiger partial charge is 0.307 e. The lowest BCUT2D eigenvalue weighted by atomic mass is 10.2. The number of amides is 2. The van der Waals surface area contributed by atoms with E-state index in [1.165, 1.54) is 40.7 Å². The molecule has 0 saturated heterocycles. The molecule has 33 heavy (non-hydrogen) atoms. The van der Waals surface area contributed by atoms with Crippen LogP contribution in [0.25, 0.3) is 5.69 Å². The number of aryl methyl sites for hydroxylation is 1. The normalized spacial score (nSPS) is 14.9. The third kappa shape index (κ3) is 5.52. The summed E-state index contributed by atoms with van der Waals surface area (Å²) in [6.45, 7) is 1.21. The van der Waals surface area contributed by atoms with Crippen molar-refractivity contribution in [3.63, 3.8) is 0 Å². The topological polar surface area (TPSA) is 102 Å². The molecule has 1 aromatic heterocycles. The quantitative estimate of drug-likeness (QED) is 0.509. The van der Waals surface area contributed by atoms with Gasteiger partial charge in [0.2, 0.25) is 5.91 Å². The van der Waals surface area contributed by atoms with Gasteiger partial charge in [-0.3, -0.25) is 14.4 Å². The summed E-state index contributed by atoms with van der Waals surface area (Å²) in [4.78, 5) is 37.6. The van der Waals surface area contributed by atoms with Gasteiger partial charge >= 0.3 is 5.97 Å². The molecular weight excluding hydrogens is 471 g/mol. The van der Waals surface area contributed by atoms with E-state index in [1.807, 2.05) is 0 Å². The molecule has 2 heterocycles. The van der Waals surface area contributed by atoms with E-state index in [4.69, 9.17) is 16.3 Å². The first-order valence-electron chi connectivity index (χ1n) is 9.83. The van der Waals surface area contributed by atoms with Crippen LogP contribution in [-0.4, -0.2) is 39.4 Å². The minimum Gasteiger partial charge on any atom is -0.456 e. The largest absolute Gasteiger partial charge is 0.456 e. The van der Waals surface area contributed by atoms with E-state index in [-0.39, 0.29) is 12.3 Å². The van der Waals surface area contributed by atoms with Crippen molar-refractivity contribution in [3.05, 3.63) is 65.1 Å². The monoisotopic (exact) mass is 488 g/mol. The zero-order chi connectivity index (χ0) is 23.5. The maximum atomic E-state index is 13.2. The Kier molecular flexibility index (Phi) is 6.66. The molecule has 0 radical (unpaired) electrons. The average Bonchev–Trinajstić information content (AvgIpc) is 3.13. The number of hydrogen-bond donors (Lipinski definition) is 2. The SMILES string of the molecule is Cc1cc(NC(=O)COC(=O)CC2Sc3ccc(Cl)cc3NC2=O)n(-c2ccc(F)cc2)n1. The third-order valence-electron chi connectivity index (χ3n) is 4.65. The van der Waals surface area contributed by atoms with Crippen molar-refractivity contribution >= 4 is 52.7 Å². The molecule has 2 N–H and O–H groups in total. The van der Waals surface area contributed by atoms with E-state index in [9.17, 15) is 18.8 Å². The summed E-state index contributed by atoms with van der Waals surface area (Å²) in [6, 6.07) is 12.3. The fraction of sp³-hybridized carbons (Fsp3) is 0.182. The number of esters is 1. The number of carbonyl (C=O) groups excluding carboxylic acids is 3. The van der Waals surface area contributed by atoms with Gasteiger partial charge in [-0.2, -0.15) is 5.10 Å². The number of anilines is 2. The molecular formula is C22H18ClFN4O4S. The van der Waals surface area contributed by atoms with Crippen molar-refractivity contribution in [3.8, 4) is 5.69 Å². The van der Waals surface area contributed by atoms with Crippen LogP contribution >= 0.6 is 23.4 Å². The first kappa shape index (κ1) is 22.8. The summed E-state index contributed by atoms with van der Waals surface area (Å²) < 4.78 is 19.7. The van der Waals surface area contributed by atoms with Gasteiger partial charge in [-0.25, -0.2) is 9.07 Å². The number of ether oxygens (including phenoxy) is 1. The molecule has 0 spiro atoms. The van der Waals surface area contributed by atoms with Crippen LogP contribution in [0, 0.1) is 12.7 Å². The van der Waals surface area contributed by atoms with Gasteiger partial charge < -0.3 is 15.4 Å². The molecule has 11 heteroatoms. The number of hydrogen-bond acceptors (Lipinski definition) is 6. The summed E-state index contributed by atoms with van der Waals surface area (Å²) in [5.41, 5.74) is 1.78.